The van der Waals surface area contributed by atoms with E-state index in [-0.39, 0.29) is 12.5 Å². The van der Waals surface area contributed by atoms with Crippen molar-refractivity contribution >= 4 is 23.5 Å². The molecule has 5 heteroatoms. The first-order valence-corrected chi connectivity index (χ1v) is 8.48. The maximum Gasteiger partial charge on any atom is 0.316 e. The quantitative estimate of drug-likeness (QED) is 0.796. The summed E-state index contributed by atoms with van der Waals surface area (Å²) >= 11 is 6.06. The molecule has 0 unspecified atom stereocenters. The Morgan fingerprint density at radius 2 is 1.68 bits per heavy atom. The zero-order chi connectivity index (χ0) is 18.4. The molecule has 2 aromatic carbocycles. The van der Waals surface area contributed by atoms with Gasteiger partial charge in [0.25, 0.3) is 5.91 Å². The summed E-state index contributed by atoms with van der Waals surface area (Å²) in [5.41, 5.74) is 0.808. The van der Waals surface area contributed by atoms with Gasteiger partial charge in [0.05, 0.1) is 5.41 Å². The fraction of sp³-hybridized carbons (Fsp3) is 0.300. The second kappa shape index (κ2) is 8.17. The summed E-state index contributed by atoms with van der Waals surface area (Å²) in [6.45, 7) is 5.39. The zero-order valence-electron chi connectivity index (χ0n) is 14.6. The van der Waals surface area contributed by atoms with Crippen molar-refractivity contribution in [2.45, 2.75) is 38.8 Å². The molecule has 2 rings (SSSR count). The first kappa shape index (κ1) is 19.0. The first-order valence-electron chi connectivity index (χ1n) is 8.10. The molecule has 0 aromatic heterocycles. The minimum atomic E-state index is -0.891. The average molecular weight is 360 g/mol. The number of carbonyl (C=O) groups excluding carboxylic acids is 2. The molecular formula is C20H22ClNO3. The Bertz CT molecular complexity index is 744. The molecular weight excluding hydrogens is 338 g/mol. The Balaban J connectivity index is 1.94. The van der Waals surface area contributed by atoms with Crippen molar-refractivity contribution in [3.63, 3.8) is 0 Å². The number of hydrogen-bond donors (Lipinski definition) is 1. The second-order valence-corrected chi connectivity index (χ2v) is 6.75. The highest BCUT2D eigenvalue weighted by Crippen LogP contribution is 2.25. The SMILES string of the molecule is C[C@H](OC(=O)C(C)(C)c1ccccc1)C(=O)NCc1ccccc1Cl. The van der Waals surface area contributed by atoms with Crippen molar-refractivity contribution in [3.8, 4) is 0 Å². The van der Waals surface area contributed by atoms with Gasteiger partial charge in [-0.3, -0.25) is 9.59 Å². The van der Waals surface area contributed by atoms with E-state index in [1.807, 2.05) is 48.5 Å². The third-order valence-corrected chi connectivity index (χ3v) is 4.44. The van der Waals surface area contributed by atoms with Crippen LogP contribution in [-0.2, 0) is 26.3 Å². The molecule has 1 atom stereocenters. The molecule has 0 saturated carbocycles. The van der Waals surface area contributed by atoms with E-state index in [0.29, 0.717) is 5.02 Å². The summed E-state index contributed by atoms with van der Waals surface area (Å²) in [5, 5.41) is 3.32. The molecule has 0 spiro atoms. The molecule has 0 aliphatic carbocycles. The lowest BCUT2D eigenvalue weighted by atomic mass is 9.85. The highest BCUT2D eigenvalue weighted by atomic mass is 35.5. The van der Waals surface area contributed by atoms with Gasteiger partial charge in [-0.2, -0.15) is 0 Å². The number of nitrogens with one attached hydrogen (secondary N) is 1. The van der Waals surface area contributed by atoms with Crippen molar-refractivity contribution in [3.05, 3.63) is 70.7 Å². The molecule has 25 heavy (non-hydrogen) atoms. The number of esters is 1. The average Bonchev–Trinajstić information content (AvgIpc) is 2.61. The summed E-state index contributed by atoms with van der Waals surface area (Å²) in [6, 6.07) is 16.6. The van der Waals surface area contributed by atoms with Gasteiger partial charge in [0.2, 0.25) is 0 Å². The Morgan fingerprint density at radius 3 is 2.32 bits per heavy atom. The first-order chi connectivity index (χ1) is 11.8. The molecule has 0 aliphatic rings. The van der Waals surface area contributed by atoms with Crippen LogP contribution in [0, 0.1) is 0 Å². The lowest BCUT2D eigenvalue weighted by Gasteiger charge is -2.25. The minimum absolute atomic E-state index is 0.280. The number of ether oxygens (including phenoxy) is 1. The topological polar surface area (TPSA) is 55.4 Å². The number of benzene rings is 2. The van der Waals surface area contributed by atoms with Gasteiger partial charge in [-0.25, -0.2) is 0 Å². The van der Waals surface area contributed by atoms with Crippen LogP contribution >= 0.6 is 11.6 Å². The highest BCUT2D eigenvalue weighted by Gasteiger charge is 2.33. The predicted molar refractivity (Wildman–Crippen MR) is 98.3 cm³/mol. The van der Waals surface area contributed by atoms with E-state index in [9.17, 15) is 9.59 Å². The molecule has 0 aliphatic heterocycles. The Kier molecular flexibility index (Phi) is 6.21. The fourth-order valence-corrected chi connectivity index (χ4v) is 2.50. The fourth-order valence-electron chi connectivity index (χ4n) is 2.30. The predicted octanol–water partition coefficient (Wildman–Crippen LogP) is 3.87. The van der Waals surface area contributed by atoms with Crippen LogP contribution in [0.4, 0.5) is 0 Å². The van der Waals surface area contributed by atoms with Crippen molar-refractivity contribution in [1.29, 1.82) is 0 Å². The highest BCUT2D eigenvalue weighted by molar-refractivity contribution is 6.31. The van der Waals surface area contributed by atoms with E-state index in [2.05, 4.69) is 5.32 Å². The number of hydrogen-bond acceptors (Lipinski definition) is 3. The van der Waals surface area contributed by atoms with Crippen LogP contribution in [-0.4, -0.2) is 18.0 Å². The summed E-state index contributed by atoms with van der Waals surface area (Å²) in [5.74, 6) is -0.809. The largest absolute Gasteiger partial charge is 0.452 e. The van der Waals surface area contributed by atoms with Crippen LogP contribution in [0.5, 0.6) is 0 Å². The summed E-state index contributed by atoms with van der Waals surface area (Å²) in [6.07, 6.45) is -0.891. The van der Waals surface area contributed by atoms with Crippen LogP contribution in [0.15, 0.2) is 54.6 Å². The van der Waals surface area contributed by atoms with E-state index in [1.165, 1.54) is 0 Å². The molecule has 0 saturated heterocycles. The van der Waals surface area contributed by atoms with Crippen molar-refractivity contribution in [2.75, 3.05) is 0 Å². The standard InChI is InChI=1S/C20H22ClNO3/c1-14(18(23)22-13-15-9-7-8-12-17(15)21)25-19(24)20(2,3)16-10-5-4-6-11-16/h4-12,14H,13H2,1-3H3,(H,22,23)/t14-/m0/s1. The third-order valence-electron chi connectivity index (χ3n) is 4.07. The molecule has 0 radical (unpaired) electrons. The minimum Gasteiger partial charge on any atom is -0.452 e. The maximum absolute atomic E-state index is 12.5. The molecule has 1 amide bonds. The van der Waals surface area contributed by atoms with Gasteiger partial charge in [0.1, 0.15) is 0 Å². The van der Waals surface area contributed by atoms with E-state index < -0.39 is 17.5 Å². The zero-order valence-corrected chi connectivity index (χ0v) is 15.3. The Labute approximate surface area is 153 Å². The molecule has 2 aromatic rings. The van der Waals surface area contributed by atoms with E-state index in [0.717, 1.165) is 11.1 Å². The van der Waals surface area contributed by atoms with Crippen LogP contribution in [0.2, 0.25) is 5.02 Å². The number of amides is 1. The Hall–Kier alpha value is -2.33. The summed E-state index contributed by atoms with van der Waals surface area (Å²) in [7, 11) is 0. The van der Waals surface area contributed by atoms with Crippen molar-refractivity contribution < 1.29 is 14.3 Å². The smallest absolute Gasteiger partial charge is 0.316 e. The summed E-state index contributed by atoms with van der Waals surface area (Å²) < 4.78 is 5.37. The molecule has 0 heterocycles. The van der Waals surface area contributed by atoms with Crippen molar-refractivity contribution in [1.82, 2.24) is 5.32 Å². The molecule has 0 fully saturated rings. The lowest BCUT2D eigenvalue weighted by molar-refractivity contribution is -0.159. The van der Waals surface area contributed by atoms with Gasteiger partial charge in [0, 0.05) is 11.6 Å². The maximum atomic E-state index is 12.5. The number of carbonyl (C=O) groups is 2. The normalized spacial score (nSPS) is 12.3. The molecule has 0 bridgehead atoms. The van der Waals surface area contributed by atoms with E-state index in [1.54, 1.807) is 26.8 Å². The van der Waals surface area contributed by atoms with Crippen LogP contribution < -0.4 is 5.32 Å². The lowest BCUT2D eigenvalue weighted by Crippen LogP contribution is -2.40. The number of rotatable bonds is 6. The van der Waals surface area contributed by atoms with Crippen molar-refractivity contribution in [2.24, 2.45) is 0 Å². The molecule has 4 nitrogen and oxygen atoms in total. The van der Waals surface area contributed by atoms with Crippen LogP contribution in [0.1, 0.15) is 31.9 Å². The number of halogens is 1. The van der Waals surface area contributed by atoms with Gasteiger partial charge in [-0.15, -0.1) is 0 Å². The van der Waals surface area contributed by atoms with E-state index in [4.69, 9.17) is 16.3 Å². The third kappa shape index (κ3) is 4.83. The van der Waals surface area contributed by atoms with Crippen LogP contribution in [0.3, 0.4) is 0 Å². The second-order valence-electron chi connectivity index (χ2n) is 6.35. The molecule has 1 N–H and O–H groups in total. The van der Waals surface area contributed by atoms with Crippen LogP contribution in [0.25, 0.3) is 0 Å². The van der Waals surface area contributed by atoms with Gasteiger partial charge in [0.15, 0.2) is 6.10 Å². The summed E-state index contributed by atoms with van der Waals surface area (Å²) in [4.78, 5) is 24.7. The van der Waals surface area contributed by atoms with Gasteiger partial charge in [-0.1, -0.05) is 60.1 Å². The van der Waals surface area contributed by atoms with Gasteiger partial charge < -0.3 is 10.1 Å². The monoisotopic (exact) mass is 359 g/mol. The van der Waals surface area contributed by atoms with Gasteiger partial charge in [-0.05, 0) is 38.0 Å². The Morgan fingerprint density at radius 1 is 1.08 bits per heavy atom. The molecule has 132 valence electrons. The van der Waals surface area contributed by atoms with Gasteiger partial charge >= 0.3 is 5.97 Å². The van der Waals surface area contributed by atoms with E-state index >= 15 is 0 Å².